The van der Waals surface area contributed by atoms with Gasteiger partial charge in [0.15, 0.2) is 11.5 Å². The van der Waals surface area contributed by atoms with Crippen molar-refractivity contribution in [3.63, 3.8) is 0 Å². The van der Waals surface area contributed by atoms with Crippen molar-refractivity contribution in [1.29, 1.82) is 0 Å². The average Bonchev–Trinajstić information content (AvgIpc) is 2.95. The van der Waals surface area contributed by atoms with Crippen molar-refractivity contribution in [3.05, 3.63) is 23.8 Å². The molecular weight excluding hydrogens is 294 g/mol. The Labute approximate surface area is 136 Å². The molecule has 0 saturated heterocycles. The molecule has 2 atom stereocenters. The van der Waals surface area contributed by atoms with Crippen LogP contribution in [-0.4, -0.2) is 43.4 Å². The smallest absolute Gasteiger partial charge is 0.254 e. The van der Waals surface area contributed by atoms with Gasteiger partial charge < -0.3 is 19.1 Å². The molecule has 1 aliphatic heterocycles. The summed E-state index contributed by atoms with van der Waals surface area (Å²) < 4.78 is 16.6. The summed E-state index contributed by atoms with van der Waals surface area (Å²) in [6, 6.07) is 5.70. The van der Waals surface area contributed by atoms with Crippen LogP contribution in [0.25, 0.3) is 0 Å². The normalized spacial score (nSPS) is 26.5. The Kier molecular flexibility index (Phi) is 3.48. The Morgan fingerprint density at radius 1 is 1.35 bits per heavy atom. The molecule has 2 saturated carbocycles. The van der Waals surface area contributed by atoms with Gasteiger partial charge in [-0.1, -0.05) is 6.42 Å². The molecule has 1 aromatic carbocycles. The molecular formula is C18H23NO4. The summed E-state index contributed by atoms with van der Waals surface area (Å²) in [6.07, 6.45) is 4.84. The lowest BCUT2D eigenvalue weighted by molar-refractivity contribution is -0.192. The molecule has 1 heterocycles. The van der Waals surface area contributed by atoms with Gasteiger partial charge in [-0.3, -0.25) is 4.79 Å². The molecule has 0 aromatic heterocycles. The van der Waals surface area contributed by atoms with E-state index in [-0.39, 0.29) is 24.2 Å². The molecule has 3 aliphatic rings. The van der Waals surface area contributed by atoms with Gasteiger partial charge in [0.25, 0.3) is 5.91 Å². The third-order valence-corrected chi connectivity index (χ3v) is 5.80. The van der Waals surface area contributed by atoms with Crippen LogP contribution in [0.1, 0.15) is 43.0 Å². The van der Waals surface area contributed by atoms with Crippen LogP contribution in [0, 0.1) is 5.41 Å². The van der Waals surface area contributed by atoms with Gasteiger partial charge in [0, 0.05) is 30.7 Å². The molecule has 0 radical (unpaired) electrons. The van der Waals surface area contributed by atoms with E-state index in [9.17, 15) is 4.79 Å². The molecule has 0 bridgehead atoms. The highest BCUT2D eigenvalue weighted by Crippen LogP contribution is 2.59. The van der Waals surface area contributed by atoms with E-state index >= 15 is 0 Å². The molecule has 0 unspecified atom stereocenters. The number of nitrogens with zero attached hydrogens (tertiary/aromatic N) is 1. The van der Waals surface area contributed by atoms with Gasteiger partial charge in [0.05, 0.1) is 6.10 Å². The Hall–Kier alpha value is -1.75. The monoisotopic (exact) mass is 317 g/mol. The predicted molar refractivity (Wildman–Crippen MR) is 84.8 cm³/mol. The van der Waals surface area contributed by atoms with Crippen molar-refractivity contribution in [2.75, 3.05) is 20.4 Å². The maximum Gasteiger partial charge on any atom is 0.254 e. The second-order valence-electron chi connectivity index (χ2n) is 6.77. The highest BCUT2D eigenvalue weighted by atomic mass is 16.7. The van der Waals surface area contributed by atoms with Crippen molar-refractivity contribution >= 4 is 5.91 Å². The second kappa shape index (κ2) is 5.41. The SMILES string of the molecule is CCO[C@H]1C[C@H](N(C)C(=O)c2ccc3c(c2)OCO3)C12CCC2. The Morgan fingerprint density at radius 3 is 2.83 bits per heavy atom. The molecule has 1 aromatic rings. The minimum absolute atomic E-state index is 0.0505. The van der Waals surface area contributed by atoms with E-state index in [2.05, 4.69) is 0 Å². The number of fused-ring (bicyclic) bond motifs is 1. The number of carbonyl (C=O) groups is 1. The molecule has 124 valence electrons. The van der Waals surface area contributed by atoms with Gasteiger partial charge in [-0.2, -0.15) is 0 Å². The number of amides is 1. The molecule has 0 N–H and O–H groups in total. The van der Waals surface area contributed by atoms with Gasteiger partial charge in [-0.15, -0.1) is 0 Å². The van der Waals surface area contributed by atoms with Crippen molar-refractivity contribution in [2.45, 2.75) is 44.8 Å². The van der Waals surface area contributed by atoms with E-state index in [1.165, 1.54) is 19.3 Å². The first-order valence-corrected chi connectivity index (χ1v) is 8.44. The summed E-state index contributed by atoms with van der Waals surface area (Å²) in [4.78, 5) is 14.8. The fourth-order valence-electron chi connectivity index (χ4n) is 4.32. The molecule has 1 spiro atoms. The van der Waals surface area contributed by atoms with Crippen molar-refractivity contribution in [1.82, 2.24) is 4.90 Å². The van der Waals surface area contributed by atoms with Gasteiger partial charge in [0.1, 0.15) is 0 Å². The number of hydrogen-bond donors (Lipinski definition) is 0. The van der Waals surface area contributed by atoms with Crippen LogP contribution in [0.3, 0.4) is 0 Å². The van der Waals surface area contributed by atoms with Gasteiger partial charge in [0.2, 0.25) is 6.79 Å². The summed E-state index contributed by atoms with van der Waals surface area (Å²) >= 11 is 0. The zero-order valence-corrected chi connectivity index (χ0v) is 13.7. The van der Waals surface area contributed by atoms with E-state index in [1.54, 1.807) is 6.07 Å². The zero-order chi connectivity index (χ0) is 16.0. The first-order valence-electron chi connectivity index (χ1n) is 8.44. The molecule has 1 amide bonds. The Bertz CT molecular complexity index is 625. The van der Waals surface area contributed by atoms with Crippen LogP contribution in [-0.2, 0) is 4.74 Å². The average molecular weight is 317 g/mol. The van der Waals surface area contributed by atoms with Crippen LogP contribution < -0.4 is 9.47 Å². The fraction of sp³-hybridized carbons (Fsp3) is 0.611. The zero-order valence-electron chi connectivity index (χ0n) is 13.7. The van der Waals surface area contributed by atoms with Crippen molar-refractivity contribution in [3.8, 4) is 11.5 Å². The van der Waals surface area contributed by atoms with Crippen molar-refractivity contribution < 1.29 is 19.0 Å². The maximum absolute atomic E-state index is 12.9. The summed E-state index contributed by atoms with van der Waals surface area (Å²) in [5, 5.41) is 0. The van der Waals surface area contributed by atoms with Crippen molar-refractivity contribution in [2.24, 2.45) is 5.41 Å². The first-order chi connectivity index (χ1) is 11.2. The second-order valence-corrected chi connectivity index (χ2v) is 6.77. The maximum atomic E-state index is 12.9. The van der Waals surface area contributed by atoms with Gasteiger partial charge in [-0.25, -0.2) is 0 Å². The highest BCUT2D eigenvalue weighted by Gasteiger charge is 2.60. The minimum Gasteiger partial charge on any atom is -0.454 e. The van der Waals surface area contributed by atoms with Crippen LogP contribution >= 0.6 is 0 Å². The molecule has 2 fully saturated rings. The highest BCUT2D eigenvalue weighted by molar-refractivity contribution is 5.95. The van der Waals surface area contributed by atoms with E-state index in [0.29, 0.717) is 23.2 Å². The van der Waals surface area contributed by atoms with Crippen LogP contribution in [0.15, 0.2) is 18.2 Å². The lowest BCUT2D eigenvalue weighted by atomic mass is 9.50. The van der Waals surface area contributed by atoms with E-state index in [0.717, 1.165) is 13.0 Å². The van der Waals surface area contributed by atoms with Gasteiger partial charge in [-0.05, 0) is 44.4 Å². The summed E-state index contributed by atoms with van der Waals surface area (Å²) in [7, 11) is 1.92. The lowest BCUT2D eigenvalue weighted by Crippen LogP contribution is -2.67. The number of rotatable bonds is 4. The van der Waals surface area contributed by atoms with E-state index < -0.39 is 0 Å². The predicted octanol–water partition coefficient (Wildman–Crippen LogP) is 2.84. The van der Waals surface area contributed by atoms with Crippen LogP contribution in [0.2, 0.25) is 0 Å². The number of carbonyl (C=O) groups excluding carboxylic acids is 1. The fourth-order valence-corrected chi connectivity index (χ4v) is 4.32. The molecule has 5 heteroatoms. The number of hydrogen-bond acceptors (Lipinski definition) is 4. The number of benzene rings is 1. The minimum atomic E-state index is 0.0505. The Morgan fingerprint density at radius 2 is 2.13 bits per heavy atom. The quantitative estimate of drug-likeness (QED) is 0.857. The Balaban J connectivity index is 1.51. The van der Waals surface area contributed by atoms with Gasteiger partial charge >= 0.3 is 0 Å². The third-order valence-electron chi connectivity index (χ3n) is 5.80. The summed E-state index contributed by atoms with van der Waals surface area (Å²) in [6.45, 7) is 3.02. The molecule has 23 heavy (non-hydrogen) atoms. The van der Waals surface area contributed by atoms with E-state index in [1.807, 2.05) is 31.0 Å². The largest absolute Gasteiger partial charge is 0.454 e. The van der Waals surface area contributed by atoms with E-state index in [4.69, 9.17) is 14.2 Å². The first kappa shape index (κ1) is 14.8. The third kappa shape index (κ3) is 2.13. The molecule has 4 rings (SSSR count). The topological polar surface area (TPSA) is 48.0 Å². The summed E-state index contributed by atoms with van der Waals surface area (Å²) in [5.74, 6) is 1.41. The standard InChI is InChI=1S/C18H23NO4/c1-3-21-16-10-15(18(16)7-4-8-18)19(2)17(20)12-5-6-13-14(9-12)23-11-22-13/h5-6,9,15-16H,3-4,7-8,10-11H2,1-2H3/t15-,16-/m0/s1. The van der Waals surface area contributed by atoms with Crippen LogP contribution in [0.4, 0.5) is 0 Å². The lowest BCUT2D eigenvalue weighted by Gasteiger charge is -2.63. The molecule has 5 nitrogen and oxygen atoms in total. The summed E-state index contributed by atoms with van der Waals surface area (Å²) in [5.41, 5.74) is 0.850. The number of ether oxygens (including phenoxy) is 3. The van der Waals surface area contributed by atoms with Crippen LogP contribution in [0.5, 0.6) is 11.5 Å². The molecule has 2 aliphatic carbocycles.